The van der Waals surface area contributed by atoms with Crippen LogP contribution in [0.25, 0.3) is 0 Å². The van der Waals surface area contributed by atoms with Gasteiger partial charge in [-0.15, -0.1) is 0 Å². The summed E-state index contributed by atoms with van der Waals surface area (Å²) in [6.45, 7) is 3.05. The number of benzene rings is 1. The van der Waals surface area contributed by atoms with Gasteiger partial charge in [-0.05, 0) is 23.6 Å². The van der Waals surface area contributed by atoms with E-state index in [9.17, 15) is 24.3 Å². The van der Waals surface area contributed by atoms with Crippen molar-refractivity contribution in [2.75, 3.05) is 12.3 Å². The van der Waals surface area contributed by atoms with E-state index < -0.39 is 41.8 Å². The van der Waals surface area contributed by atoms with Gasteiger partial charge in [0, 0.05) is 12.2 Å². The van der Waals surface area contributed by atoms with Gasteiger partial charge in [0.15, 0.2) is 0 Å². The lowest BCUT2D eigenvalue weighted by molar-refractivity contribution is -0.142. The van der Waals surface area contributed by atoms with Crippen LogP contribution in [0.3, 0.4) is 0 Å². The molecule has 0 spiro atoms. The van der Waals surface area contributed by atoms with Crippen LogP contribution in [0, 0.1) is 5.92 Å². The van der Waals surface area contributed by atoms with Gasteiger partial charge in [-0.25, -0.2) is 4.79 Å². The number of rotatable bonds is 11. The first-order chi connectivity index (χ1) is 14.1. The molecule has 0 aliphatic heterocycles. The number of carbonyl (C=O) groups is 4. The number of nitrogens with one attached hydrogen (secondary N) is 3. The predicted octanol–water partition coefficient (Wildman–Crippen LogP) is -0.982. The van der Waals surface area contributed by atoms with E-state index in [2.05, 4.69) is 28.6 Å². The van der Waals surface area contributed by atoms with E-state index >= 15 is 0 Å². The summed E-state index contributed by atoms with van der Waals surface area (Å²) >= 11 is 3.90. The molecule has 7 N–H and O–H groups in total. The molecule has 0 aliphatic carbocycles. The molecule has 10 nitrogen and oxygen atoms in total. The number of carboxylic acids is 1. The number of amides is 3. The summed E-state index contributed by atoms with van der Waals surface area (Å²) in [6, 6.07) is 2.83. The minimum Gasteiger partial charge on any atom is -0.508 e. The van der Waals surface area contributed by atoms with Gasteiger partial charge in [0.25, 0.3) is 0 Å². The second-order valence-corrected chi connectivity index (χ2v) is 7.37. The Morgan fingerprint density at radius 2 is 1.60 bits per heavy atom. The van der Waals surface area contributed by atoms with Gasteiger partial charge in [0.1, 0.15) is 23.9 Å². The summed E-state index contributed by atoms with van der Waals surface area (Å²) in [5.74, 6) is -3.52. The average molecular weight is 441 g/mol. The molecule has 0 bridgehead atoms. The van der Waals surface area contributed by atoms with Gasteiger partial charge in [0.2, 0.25) is 17.7 Å². The van der Waals surface area contributed by atoms with E-state index in [1.54, 1.807) is 26.0 Å². The van der Waals surface area contributed by atoms with Crippen molar-refractivity contribution >= 4 is 36.3 Å². The lowest BCUT2D eigenvalue weighted by atomic mass is 10.0. The number of carbonyl (C=O) groups excluding carboxylic acids is 3. The zero-order chi connectivity index (χ0) is 22.8. The highest BCUT2D eigenvalue weighted by atomic mass is 32.1. The third-order valence-corrected chi connectivity index (χ3v) is 4.62. The third kappa shape index (κ3) is 7.91. The fraction of sp³-hybridized carbons (Fsp3) is 0.474. The molecule has 0 saturated carbocycles. The van der Waals surface area contributed by atoms with Crippen LogP contribution < -0.4 is 21.7 Å². The van der Waals surface area contributed by atoms with E-state index in [-0.39, 0.29) is 30.4 Å². The van der Waals surface area contributed by atoms with E-state index in [1.807, 2.05) is 0 Å². The fourth-order valence-electron chi connectivity index (χ4n) is 2.57. The molecule has 11 heteroatoms. The zero-order valence-corrected chi connectivity index (χ0v) is 17.7. The number of hydrogen-bond acceptors (Lipinski definition) is 7. The van der Waals surface area contributed by atoms with Crippen molar-refractivity contribution in [1.82, 2.24) is 16.0 Å². The zero-order valence-electron chi connectivity index (χ0n) is 16.8. The molecule has 30 heavy (non-hydrogen) atoms. The Bertz CT molecular complexity index is 756. The maximum Gasteiger partial charge on any atom is 0.327 e. The van der Waals surface area contributed by atoms with Gasteiger partial charge in [0.05, 0.1) is 6.54 Å². The van der Waals surface area contributed by atoms with Crippen LogP contribution in [0.15, 0.2) is 24.3 Å². The predicted molar refractivity (Wildman–Crippen MR) is 113 cm³/mol. The molecule has 1 aromatic carbocycles. The van der Waals surface area contributed by atoms with E-state index in [4.69, 9.17) is 10.8 Å². The van der Waals surface area contributed by atoms with Crippen LogP contribution in [0.4, 0.5) is 0 Å². The Morgan fingerprint density at radius 1 is 1.00 bits per heavy atom. The van der Waals surface area contributed by atoms with Gasteiger partial charge < -0.3 is 31.9 Å². The molecule has 0 saturated heterocycles. The summed E-state index contributed by atoms with van der Waals surface area (Å²) in [6.07, 6.45) is 0.0959. The van der Waals surface area contributed by atoms with Crippen molar-refractivity contribution in [3.8, 4) is 5.75 Å². The fourth-order valence-corrected chi connectivity index (χ4v) is 2.81. The number of nitrogens with two attached hydrogens (primary N) is 1. The van der Waals surface area contributed by atoms with E-state index in [1.165, 1.54) is 12.1 Å². The number of aliphatic carboxylic acids is 1. The Morgan fingerprint density at radius 3 is 2.07 bits per heavy atom. The van der Waals surface area contributed by atoms with Crippen molar-refractivity contribution in [3.05, 3.63) is 29.8 Å². The minimum absolute atomic E-state index is 0.0551. The maximum absolute atomic E-state index is 12.8. The van der Waals surface area contributed by atoms with Gasteiger partial charge in [-0.3, -0.25) is 14.4 Å². The standard InChI is InChI=1S/C19H28N4O6S/c1-10(2)16(18(27)22-14(9-30)19(28)29)23-17(26)13(21-15(25)8-20)7-11-3-5-12(24)6-4-11/h3-6,10,13-14,16,24,30H,7-9,20H2,1-2H3,(H,21,25)(H,22,27)(H,23,26)(H,28,29). The summed E-state index contributed by atoms with van der Waals surface area (Å²) < 4.78 is 0. The second kappa shape index (κ2) is 12.0. The number of thiol groups is 1. The van der Waals surface area contributed by atoms with Crippen molar-refractivity contribution in [1.29, 1.82) is 0 Å². The molecular formula is C19H28N4O6S. The smallest absolute Gasteiger partial charge is 0.327 e. The van der Waals surface area contributed by atoms with Crippen molar-refractivity contribution in [3.63, 3.8) is 0 Å². The summed E-state index contributed by atoms with van der Waals surface area (Å²) in [7, 11) is 0. The molecule has 0 heterocycles. The highest BCUT2D eigenvalue weighted by Crippen LogP contribution is 2.12. The summed E-state index contributed by atoms with van der Waals surface area (Å²) in [5, 5.41) is 25.9. The number of aromatic hydroxyl groups is 1. The minimum atomic E-state index is -1.24. The van der Waals surface area contributed by atoms with Crippen LogP contribution in [0.5, 0.6) is 5.75 Å². The number of carboxylic acid groups (broad SMARTS) is 1. The summed E-state index contributed by atoms with van der Waals surface area (Å²) in [5.41, 5.74) is 5.99. The van der Waals surface area contributed by atoms with Crippen LogP contribution in [0.1, 0.15) is 19.4 Å². The van der Waals surface area contributed by atoms with Crippen molar-refractivity contribution in [2.45, 2.75) is 38.4 Å². The third-order valence-electron chi connectivity index (χ3n) is 4.26. The lowest BCUT2D eigenvalue weighted by Crippen LogP contribution is -2.58. The molecule has 0 aliphatic rings. The molecule has 1 rings (SSSR count). The van der Waals surface area contributed by atoms with Crippen LogP contribution in [-0.4, -0.2) is 64.3 Å². The lowest BCUT2D eigenvalue weighted by Gasteiger charge is -2.26. The molecule has 3 amide bonds. The Hall–Kier alpha value is -2.79. The van der Waals surface area contributed by atoms with Crippen LogP contribution >= 0.6 is 12.6 Å². The monoisotopic (exact) mass is 440 g/mol. The Labute approximate surface area is 180 Å². The molecular weight excluding hydrogens is 412 g/mol. The molecule has 1 aromatic rings. The highest BCUT2D eigenvalue weighted by Gasteiger charge is 2.31. The van der Waals surface area contributed by atoms with E-state index in [0.29, 0.717) is 5.56 Å². The highest BCUT2D eigenvalue weighted by molar-refractivity contribution is 7.80. The normalized spacial score (nSPS) is 13.8. The second-order valence-electron chi connectivity index (χ2n) is 7.01. The van der Waals surface area contributed by atoms with Crippen molar-refractivity contribution < 1.29 is 29.4 Å². The largest absolute Gasteiger partial charge is 0.508 e. The van der Waals surface area contributed by atoms with E-state index in [0.717, 1.165) is 0 Å². The molecule has 3 atom stereocenters. The van der Waals surface area contributed by atoms with Gasteiger partial charge in [-0.2, -0.15) is 12.6 Å². The van der Waals surface area contributed by atoms with Crippen LogP contribution in [0.2, 0.25) is 0 Å². The molecule has 0 aromatic heterocycles. The number of phenolic OH excluding ortho intramolecular Hbond substituents is 1. The quantitative estimate of drug-likeness (QED) is 0.217. The molecule has 166 valence electrons. The van der Waals surface area contributed by atoms with Gasteiger partial charge in [-0.1, -0.05) is 26.0 Å². The first kappa shape index (κ1) is 25.2. The first-order valence-electron chi connectivity index (χ1n) is 9.30. The molecule has 0 fully saturated rings. The average Bonchev–Trinajstić information content (AvgIpc) is 2.70. The summed E-state index contributed by atoms with van der Waals surface area (Å²) in [4.78, 5) is 48.3. The SMILES string of the molecule is CC(C)C(NC(=O)C(Cc1ccc(O)cc1)NC(=O)CN)C(=O)NC(CS)C(=O)O. The molecule has 0 radical (unpaired) electrons. The molecule has 3 unspecified atom stereocenters. The van der Waals surface area contributed by atoms with Gasteiger partial charge >= 0.3 is 5.97 Å². The first-order valence-corrected chi connectivity index (χ1v) is 9.94. The maximum atomic E-state index is 12.8. The topological polar surface area (TPSA) is 171 Å². The number of hydrogen-bond donors (Lipinski definition) is 7. The Balaban J connectivity index is 2.98. The van der Waals surface area contributed by atoms with Crippen LogP contribution in [-0.2, 0) is 25.6 Å². The van der Waals surface area contributed by atoms with Crippen molar-refractivity contribution in [2.24, 2.45) is 11.7 Å². The Kier molecular flexibility index (Phi) is 10.1. The number of phenols is 1.